The molecule has 1 heterocycles. The standard InChI is InChI=1S/C19H17BrN2O3/c20-15-5-7-16(8-6-15)22-18(23)9-10-21-19(24)14-11-13-3-1-2-4-17(13)25-12-14/h1-8,11H,9-10,12H2,(H,21,24)(H,22,23). The van der Waals surface area contributed by atoms with Gasteiger partial charge in [-0.15, -0.1) is 0 Å². The van der Waals surface area contributed by atoms with Crippen LogP contribution in [0, 0.1) is 0 Å². The quantitative estimate of drug-likeness (QED) is 0.808. The van der Waals surface area contributed by atoms with Gasteiger partial charge in [0.1, 0.15) is 12.4 Å². The van der Waals surface area contributed by atoms with Crippen LogP contribution in [0.15, 0.2) is 58.6 Å². The van der Waals surface area contributed by atoms with Gasteiger partial charge in [-0.1, -0.05) is 34.1 Å². The molecular formula is C19H17BrN2O3. The molecule has 25 heavy (non-hydrogen) atoms. The molecule has 1 aliphatic heterocycles. The van der Waals surface area contributed by atoms with Gasteiger partial charge < -0.3 is 15.4 Å². The number of fused-ring (bicyclic) bond motifs is 1. The Morgan fingerprint density at radius 2 is 1.84 bits per heavy atom. The summed E-state index contributed by atoms with van der Waals surface area (Å²) in [4.78, 5) is 24.1. The molecule has 0 saturated carbocycles. The molecule has 0 atom stereocenters. The Bertz CT molecular complexity index is 816. The fourth-order valence-corrected chi connectivity index (χ4v) is 2.67. The maximum atomic E-state index is 12.2. The number of ether oxygens (including phenoxy) is 1. The molecule has 0 aliphatic carbocycles. The van der Waals surface area contributed by atoms with E-state index in [4.69, 9.17) is 4.74 Å². The Balaban J connectivity index is 1.47. The predicted molar refractivity (Wildman–Crippen MR) is 100 cm³/mol. The first-order valence-corrected chi connectivity index (χ1v) is 8.67. The van der Waals surface area contributed by atoms with E-state index in [1.165, 1.54) is 0 Å². The van der Waals surface area contributed by atoms with Gasteiger partial charge in [-0.2, -0.15) is 0 Å². The van der Waals surface area contributed by atoms with Crippen LogP contribution in [-0.4, -0.2) is 25.0 Å². The number of carbonyl (C=O) groups excluding carboxylic acids is 2. The molecule has 5 nitrogen and oxygen atoms in total. The van der Waals surface area contributed by atoms with Crippen molar-refractivity contribution in [1.29, 1.82) is 0 Å². The monoisotopic (exact) mass is 400 g/mol. The molecular weight excluding hydrogens is 384 g/mol. The largest absolute Gasteiger partial charge is 0.488 e. The maximum absolute atomic E-state index is 12.2. The van der Waals surface area contributed by atoms with Crippen LogP contribution in [0.5, 0.6) is 5.75 Å². The number of anilines is 1. The van der Waals surface area contributed by atoms with E-state index in [-0.39, 0.29) is 31.4 Å². The fraction of sp³-hybridized carbons (Fsp3) is 0.158. The summed E-state index contributed by atoms with van der Waals surface area (Å²) in [6.07, 6.45) is 2.02. The highest BCUT2D eigenvalue weighted by atomic mass is 79.9. The summed E-state index contributed by atoms with van der Waals surface area (Å²) in [5.41, 5.74) is 2.15. The van der Waals surface area contributed by atoms with Gasteiger partial charge in [-0.05, 0) is 36.4 Å². The average Bonchev–Trinajstić information content (AvgIpc) is 2.63. The van der Waals surface area contributed by atoms with Crippen LogP contribution in [0.3, 0.4) is 0 Å². The van der Waals surface area contributed by atoms with E-state index in [1.54, 1.807) is 0 Å². The van der Waals surface area contributed by atoms with Crippen molar-refractivity contribution >= 4 is 39.5 Å². The number of carbonyl (C=O) groups is 2. The second kappa shape index (κ2) is 7.98. The lowest BCUT2D eigenvalue weighted by Crippen LogP contribution is -2.31. The number of benzene rings is 2. The summed E-state index contributed by atoms with van der Waals surface area (Å²) >= 11 is 3.34. The zero-order valence-corrected chi connectivity index (χ0v) is 15.0. The molecule has 2 aromatic carbocycles. The first-order chi connectivity index (χ1) is 12.1. The van der Waals surface area contributed by atoms with Gasteiger partial charge in [0.2, 0.25) is 5.91 Å². The van der Waals surface area contributed by atoms with Crippen LogP contribution < -0.4 is 15.4 Å². The van der Waals surface area contributed by atoms with Crippen LogP contribution >= 0.6 is 15.9 Å². The van der Waals surface area contributed by atoms with Gasteiger partial charge in [0.25, 0.3) is 5.91 Å². The normalized spacial score (nSPS) is 12.4. The van der Waals surface area contributed by atoms with Crippen molar-refractivity contribution in [2.75, 3.05) is 18.5 Å². The van der Waals surface area contributed by atoms with Crippen molar-refractivity contribution in [3.8, 4) is 5.75 Å². The first kappa shape index (κ1) is 17.2. The number of hydrogen-bond donors (Lipinski definition) is 2. The molecule has 2 aromatic rings. The smallest absolute Gasteiger partial charge is 0.250 e. The summed E-state index contributed by atoms with van der Waals surface area (Å²) < 4.78 is 6.51. The molecule has 2 N–H and O–H groups in total. The highest BCUT2D eigenvalue weighted by molar-refractivity contribution is 9.10. The minimum absolute atomic E-state index is 0.151. The Morgan fingerprint density at radius 3 is 2.64 bits per heavy atom. The number of halogens is 1. The summed E-state index contributed by atoms with van der Waals surface area (Å²) in [5.74, 6) is 0.403. The summed E-state index contributed by atoms with van der Waals surface area (Å²) in [6, 6.07) is 14.9. The third-order valence-corrected chi connectivity index (χ3v) is 4.22. The molecule has 0 unspecified atom stereocenters. The Labute approximate surface area is 154 Å². The van der Waals surface area contributed by atoms with Crippen molar-refractivity contribution in [2.45, 2.75) is 6.42 Å². The lowest BCUT2D eigenvalue weighted by molar-refractivity contribution is -0.118. The van der Waals surface area contributed by atoms with Gasteiger partial charge >= 0.3 is 0 Å². The van der Waals surface area contributed by atoms with E-state index in [1.807, 2.05) is 54.6 Å². The average molecular weight is 401 g/mol. The van der Waals surface area contributed by atoms with Crippen molar-refractivity contribution in [1.82, 2.24) is 5.32 Å². The molecule has 3 rings (SSSR count). The van der Waals surface area contributed by atoms with E-state index in [0.717, 1.165) is 21.5 Å². The molecule has 128 valence electrons. The zero-order valence-electron chi connectivity index (χ0n) is 13.4. The summed E-state index contributed by atoms with van der Waals surface area (Å²) in [6.45, 7) is 0.494. The van der Waals surface area contributed by atoms with Crippen LogP contribution in [-0.2, 0) is 9.59 Å². The second-order valence-corrected chi connectivity index (χ2v) is 6.47. The van der Waals surface area contributed by atoms with Gasteiger partial charge in [-0.25, -0.2) is 0 Å². The summed E-state index contributed by atoms with van der Waals surface area (Å²) in [7, 11) is 0. The van der Waals surface area contributed by atoms with Crippen LogP contribution in [0.2, 0.25) is 0 Å². The van der Waals surface area contributed by atoms with Crippen molar-refractivity contribution < 1.29 is 14.3 Å². The van der Waals surface area contributed by atoms with E-state index in [2.05, 4.69) is 26.6 Å². The fourth-order valence-electron chi connectivity index (χ4n) is 2.41. The molecule has 0 spiro atoms. The predicted octanol–water partition coefficient (Wildman–Crippen LogP) is 3.37. The van der Waals surface area contributed by atoms with E-state index in [0.29, 0.717) is 5.57 Å². The molecule has 6 heteroatoms. The van der Waals surface area contributed by atoms with Gasteiger partial charge in [0.15, 0.2) is 0 Å². The highest BCUT2D eigenvalue weighted by Gasteiger charge is 2.16. The lowest BCUT2D eigenvalue weighted by atomic mass is 10.1. The molecule has 0 aromatic heterocycles. The Morgan fingerprint density at radius 1 is 1.08 bits per heavy atom. The Kier molecular flexibility index (Phi) is 5.50. The van der Waals surface area contributed by atoms with E-state index < -0.39 is 0 Å². The van der Waals surface area contributed by atoms with Crippen molar-refractivity contribution in [3.63, 3.8) is 0 Å². The van der Waals surface area contributed by atoms with Gasteiger partial charge in [-0.3, -0.25) is 9.59 Å². The van der Waals surface area contributed by atoms with Crippen molar-refractivity contribution in [3.05, 3.63) is 64.1 Å². The lowest BCUT2D eigenvalue weighted by Gasteiger charge is -2.17. The van der Waals surface area contributed by atoms with E-state index in [9.17, 15) is 9.59 Å². The molecule has 0 fully saturated rings. The number of nitrogens with one attached hydrogen (secondary N) is 2. The highest BCUT2D eigenvalue weighted by Crippen LogP contribution is 2.25. The zero-order chi connectivity index (χ0) is 17.6. The number of para-hydroxylation sites is 1. The molecule has 0 saturated heterocycles. The minimum Gasteiger partial charge on any atom is -0.488 e. The third-order valence-electron chi connectivity index (χ3n) is 3.69. The molecule has 1 aliphatic rings. The molecule has 2 amide bonds. The first-order valence-electron chi connectivity index (χ1n) is 7.88. The topological polar surface area (TPSA) is 67.4 Å². The Hall–Kier alpha value is -2.60. The SMILES string of the molecule is O=C(CCNC(=O)C1=Cc2ccccc2OC1)Nc1ccc(Br)cc1. The van der Waals surface area contributed by atoms with Crippen LogP contribution in [0.1, 0.15) is 12.0 Å². The number of hydrogen-bond acceptors (Lipinski definition) is 3. The third kappa shape index (κ3) is 4.70. The number of amides is 2. The maximum Gasteiger partial charge on any atom is 0.250 e. The van der Waals surface area contributed by atoms with Crippen LogP contribution in [0.25, 0.3) is 6.08 Å². The van der Waals surface area contributed by atoms with Crippen molar-refractivity contribution in [2.24, 2.45) is 0 Å². The second-order valence-electron chi connectivity index (χ2n) is 5.56. The van der Waals surface area contributed by atoms with Gasteiger partial charge in [0, 0.05) is 28.7 Å². The number of rotatable bonds is 5. The van der Waals surface area contributed by atoms with Crippen LogP contribution in [0.4, 0.5) is 5.69 Å². The minimum atomic E-state index is -0.217. The van der Waals surface area contributed by atoms with E-state index >= 15 is 0 Å². The summed E-state index contributed by atoms with van der Waals surface area (Å²) in [5, 5.41) is 5.54. The molecule has 0 radical (unpaired) electrons. The molecule has 0 bridgehead atoms. The van der Waals surface area contributed by atoms with Gasteiger partial charge in [0.05, 0.1) is 5.57 Å².